The first-order valence-corrected chi connectivity index (χ1v) is 19.6. The summed E-state index contributed by atoms with van der Waals surface area (Å²) in [6.07, 6.45) is -0.797. The molecule has 0 saturated heterocycles. The number of benzene rings is 5. The number of methoxy groups -OCH3 is 2. The van der Waals surface area contributed by atoms with Gasteiger partial charge in [-0.05, 0) is 97.8 Å². The molecule has 0 saturated carbocycles. The molecule has 6 rings (SSSR count). The molecule has 0 radical (unpaired) electrons. The largest absolute Gasteiger partial charge is 0.548 e. The summed E-state index contributed by atoms with van der Waals surface area (Å²) < 4.78 is 23.3. The minimum absolute atomic E-state index is 0. The van der Waals surface area contributed by atoms with Crippen LogP contribution in [-0.4, -0.2) is 76.1 Å². The van der Waals surface area contributed by atoms with E-state index < -0.39 is 30.3 Å². The van der Waals surface area contributed by atoms with Crippen molar-refractivity contribution >= 4 is 12.1 Å². The van der Waals surface area contributed by atoms with Crippen molar-refractivity contribution in [1.29, 1.82) is 0 Å². The molecule has 57 heavy (non-hydrogen) atoms. The molecule has 9 nitrogen and oxygen atoms in total. The third-order valence-electron chi connectivity index (χ3n) is 10.9. The second kappa shape index (κ2) is 19.5. The molecule has 0 heterocycles. The SMILES string of the molecule is CC[NH+](C(C)C)C(C)C.COc1ccc(C(OC[C@@H](C(=O)[O-])N(C)C(=O)OCC2c3ccccc3-c3ccccc32)(c2ccccc2)c2ccc(OC)cc2)cc1.[HH]. The number of quaternary nitrogens is 1. The lowest BCUT2D eigenvalue weighted by Gasteiger charge is -2.38. The minimum atomic E-state index is -1.47. The van der Waals surface area contributed by atoms with Crippen LogP contribution in [-0.2, 0) is 19.9 Å². The molecular formula is C48H58N2O7. The number of fused-ring (bicyclic) bond motifs is 3. The number of likely N-dealkylation sites (N-methyl/N-ethyl adjacent to an activating group) is 1. The first-order chi connectivity index (χ1) is 27.5. The third-order valence-corrected chi connectivity index (χ3v) is 10.9. The molecule has 0 aliphatic heterocycles. The number of nitrogens with zero attached hydrogens (tertiary/aromatic N) is 1. The second-order valence-corrected chi connectivity index (χ2v) is 14.8. The number of rotatable bonds is 15. The van der Waals surface area contributed by atoms with Gasteiger partial charge in [-0.3, -0.25) is 0 Å². The van der Waals surface area contributed by atoms with Gasteiger partial charge in [-0.15, -0.1) is 0 Å². The fourth-order valence-electron chi connectivity index (χ4n) is 7.92. The van der Waals surface area contributed by atoms with Gasteiger partial charge in [-0.2, -0.15) is 0 Å². The highest BCUT2D eigenvalue weighted by atomic mass is 16.6. The number of hydrogen-bond donors (Lipinski definition) is 1. The number of aliphatic carboxylic acids is 1. The number of hydrogen-bond acceptors (Lipinski definition) is 7. The highest BCUT2D eigenvalue weighted by molar-refractivity contribution is 5.80. The second-order valence-electron chi connectivity index (χ2n) is 14.8. The van der Waals surface area contributed by atoms with E-state index in [1.165, 1.54) is 13.6 Å². The summed E-state index contributed by atoms with van der Waals surface area (Å²) in [5, 5.41) is 12.7. The van der Waals surface area contributed by atoms with Gasteiger partial charge in [0.25, 0.3) is 0 Å². The summed E-state index contributed by atoms with van der Waals surface area (Å²) in [6, 6.07) is 40.4. The van der Waals surface area contributed by atoms with Crippen LogP contribution in [0.25, 0.3) is 11.1 Å². The van der Waals surface area contributed by atoms with Crippen molar-refractivity contribution in [2.45, 2.75) is 64.3 Å². The van der Waals surface area contributed by atoms with Gasteiger partial charge in [0.1, 0.15) is 23.7 Å². The van der Waals surface area contributed by atoms with Crippen molar-refractivity contribution in [3.63, 3.8) is 0 Å². The summed E-state index contributed by atoms with van der Waals surface area (Å²) in [5.74, 6) is -0.350. The monoisotopic (exact) mass is 774 g/mol. The Morgan fingerprint density at radius 2 is 1.14 bits per heavy atom. The third kappa shape index (κ3) is 9.50. The van der Waals surface area contributed by atoms with Gasteiger partial charge < -0.3 is 38.6 Å². The van der Waals surface area contributed by atoms with Crippen molar-refractivity contribution in [3.05, 3.63) is 155 Å². The highest BCUT2D eigenvalue weighted by Gasteiger charge is 2.40. The lowest BCUT2D eigenvalue weighted by Crippen LogP contribution is -3.17. The summed E-state index contributed by atoms with van der Waals surface area (Å²) in [5.41, 5.74) is 5.22. The minimum Gasteiger partial charge on any atom is -0.548 e. The number of carboxylic acid groups (broad SMARTS) is 1. The zero-order chi connectivity index (χ0) is 41.1. The first-order valence-electron chi connectivity index (χ1n) is 19.6. The number of carbonyl (C=O) groups is 2. The standard InChI is InChI=1S/C40H37NO7.C8H19N.H2/c1-41(39(44)47-25-36-34-15-9-7-13-32(34)33-14-8-10-16-35(33)36)37(38(42)43)26-48-40(27-11-5-4-6-12-27,28-17-21-30(45-2)22-18-28)29-19-23-31(46-3)24-20-29;1-6-9(7(2)3)8(4)5;/h4-24,36-37H,25-26H2,1-3H3,(H,42,43);7-8H,6H2,1-5H3;1H/t37-;;/m0../s1. The number of nitrogens with one attached hydrogen (secondary N) is 1. The van der Waals surface area contributed by atoms with Crippen LogP contribution in [0.2, 0.25) is 0 Å². The van der Waals surface area contributed by atoms with Gasteiger partial charge >= 0.3 is 6.09 Å². The van der Waals surface area contributed by atoms with E-state index >= 15 is 0 Å². The summed E-state index contributed by atoms with van der Waals surface area (Å²) in [6.45, 7) is 12.2. The van der Waals surface area contributed by atoms with Crippen LogP contribution in [0.5, 0.6) is 11.5 Å². The molecule has 1 aliphatic carbocycles. The molecule has 1 aliphatic rings. The van der Waals surface area contributed by atoms with Gasteiger partial charge in [0.15, 0.2) is 0 Å². The van der Waals surface area contributed by atoms with Crippen molar-refractivity contribution in [1.82, 2.24) is 4.90 Å². The van der Waals surface area contributed by atoms with Crippen molar-refractivity contribution < 1.29 is 40.0 Å². The Labute approximate surface area is 339 Å². The van der Waals surface area contributed by atoms with Crippen LogP contribution in [0.15, 0.2) is 127 Å². The number of carbonyl (C=O) groups excluding carboxylic acids is 2. The highest BCUT2D eigenvalue weighted by Crippen LogP contribution is 2.45. The molecule has 9 heteroatoms. The zero-order valence-electron chi connectivity index (χ0n) is 34.4. The fourth-order valence-corrected chi connectivity index (χ4v) is 7.92. The van der Waals surface area contributed by atoms with E-state index in [4.69, 9.17) is 18.9 Å². The summed E-state index contributed by atoms with van der Waals surface area (Å²) in [7, 11) is 4.56. The van der Waals surface area contributed by atoms with Crippen molar-refractivity contribution in [2.24, 2.45) is 0 Å². The zero-order valence-corrected chi connectivity index (χ0v) is 34.4. The number of ether oxygens (including phenoxy) is 4. The molecular weight excluding hydrogens is 717 g/mol. The Morgan fingerprint density at radius 3 is 1.54 bits per heavy atom. The van der Waals surface area contributed by atoms with E-state index in [0.29, 0.717) is 11.5 Å². The van der Waals surface area contributed by atoms with Crippen LogP contribution in [0.4, 0.5) is 4.79 Å². The average Bonchev–Trinajstić information content (AvgIpc) is 3.55. The Hall–Kier alpha value is -5.64. The normalized spacial score (nSPS) is 12.7. The van der Waals surface area contributed by atoms with E-state index in [2.05, 4.69) is 46.8 Å². The van der Waals surface area contributed by atoms with Crippen LogP contribution in [0, 0.1) is 0 Å². The molecule has 5 aromatic carbocycles. The molecule has 0 aromatic heterocycles. The molecule has 5 aromatic rings. The van der Waals surface area contributed by atoms with Gasteiger partial charge in [0, 0.05) is 14.4 Å². The molecule has 302 valence electrons. The molecule has 0 spiro atoms. The van der Waals surface area contributed by atoms with E-state index in [1.54, 1.807) is 19.1 Å². The molecule has 0 fully saturated rings. The van der Waals surface area contributed by atoms with E-state index in [-0.39, 0.29) is 14.0 Å². The molecule has 1 atom stereocenters. The fraction of sp³-hybridized carbons (Fsp3) is 0.333. The smallest absolute Gasteiger partial charge is 0.410 e. The predicted octanol–water partition coefficient (Wildman–Crippen LogP) is 6.97. The molecule has 1 amide bonds. The molecule has 1 N–H and O–H groups in total. The topological polar surface area (TPSA) is 102 Å². The lowest BCUT2D eigenvalue weighted by molar-refractivity contribution is -0.940. The van der Waals surface area contributed by atoms with E-state index in [9.17, 15) is 14.7 Å². The maximum Gasteiger partial charge on any atom is 0.410 e. The van der Waals surface area contributed by atoms with Gasteiger partial charge in [-0.25, -0.2) is 4.79 Å². The van der Waals surface area contributed by atoms with Crippen LogP contribution < -0.4 is 19.5 Å². The summed E-state index contributed by atoms with van der Waals surface area (Å²) in [4.78, 5) is 28.8. The van der Waals surface area contributed by atoms with Crippen LogP contribution in [0.1, 0.15) is 69.8 Å². The van der Waals surface area contributed by atoms with Crippen LogP contribution >= 0.6 is 0 Å². The van der Waals surface area contributed by atoms with Gasteiger partial charge in [0.05, 0.1) is 51.5 Å². The Kier molecular flexibility index (Phi) is 14.5. The molecule has 0 bridgehead atoms. The van der Waals surface area contributed by atoms with Gasteiger partial charge in [-0.1, -0.05) is 103 Å². The maximum absolute atomic E-state index is 13.5. The molecule has 0 unspecified atom stereocenters. The Bertz CT molecular complexity index is 1950. The van der Waals surface area contributed by atoms with E-state index in [0.717, 1.165) is 55.9 Å². The van der Waals surface area contributed by atoms with Crippen LogP contribution in [0.3, 0.4) is 0 Å². The Morgan fingerprint density at radius 1 is 0.702 bits per heavy atom. The lowest BCUT2D eigenvalue weighted by atomic mass is 9.80. The van der Waals surface area contributed by atoms with Crippen molar-refractivity contribution in [3.8, 4) is 22.6 Å². The number of carboxylic acids is 1. The number of amides is 1. The predicted molar refractivity (Wildman–Crippen MR) is 224 cm³/mol. The first kappa shape index (κ1) is 42.5. The Balaban J connectivity index is 0.000000667. The average molecular weight is 775 g/mol. The quantitative estimate of drug-likeness (QED) is 0.115. The van der Waals surface area contributed by atoms with Crippen molar-refractivity contribution in [2.75, 3.05) is 41.0 Å². The summed E-state index contributed by atoms with van der Waals surface area (Å²) >= 11 is 0. The van der Waals surface area contributed by atoms with E-state index in [1.807, 2.05) is 115 Å². The maximum atomic E-state index is 13.5. The van der Waals surface area contributed by atoms with Gasteiger partial charge in [0.2, 0.25) is 0 Å².